The molecular weight excluding hydrogens is 490 g/mol. The highest BCUT2D eigenvalue weighted by Crippen LogP contribution is 2.36. The maximum absolute atomic E-state index is 13.3. The van der Waals surface area contributed by atoms with Crippen molar-refractivity contribution in [3.8, 4) is 6.07 Å². The molecule has 2 N–H and O–H groups in total. The number of nitrogens with one attached hydrogen (secondary N) is 2. The summed E-state index contributed by atoms with van der Waals surface area (Å²) in [5.74, 6) is -0.157. The SMILES string of the molecule is C[S+](C)CCOCn1cc(C#N)nc1C(=O)Nc1ccc(C2CC(=O)NC(=O)C2)cc1C1=CCCCC1. The van der Waals surface area contributed by atoms with Crippen molar-refractivity contribution in [1.29, 1.82) is 5.26 Å². The smallest absolute Gasteiger partial charge is 0.291 e. The van der Waals surface area contributed by atoms with Crippen LogP contribution in [0.1, 0.15) is 71.9 Å². The van der Waals surface area contributed by atoms with Gasteiger partial charge >= 0.3 is 0 Å². The van der Waals surface area contributed by atoms with Crippen molar-refractivity contribution < 1.29 is 19.1 Å². The van der Waals surface area contributed by atoms with Crippen molar-refractivity contribution in [3.63, 3.8) is 0 Å². The predicted molar refractivity (Wildman–Crippen MR) is 143 cm³/mol. The number of ether oxygens (including phenoxy) is 1. The molecule has 0 unspecified atom stereocenters. The summed E-state index contributed by atoms with van der Waals surface area (Å²) >= 11 is 0. The van der Waals surface area contributed by atoms with Crippen molar-refractivity contribution in [2.24, 2.45) is 0 Å². The Morgan fingerprint density at radius 3 is 2.73 bits per heavy atom. The number of aromatic nitrogens is 2. The van der Waals surface area contributed by atoms with Gasteiger partial charge in [-0.1, -0.05) is 12.1 Å². The number of imidazole rings is 1. The Kier molecular flexibility index (Phi) is 8.79. The average molecular weight is 523 g/mol. The molecule has 0 saturated carbocycles. The van der Waals surface area contributed by atoms with E-state index in [9.17, 15) is 19.6 Å². The van der Waals surface area contributed by atoms with Gasteiger partial charge in [-0.15, -0.1) is 0 Å². The Morgan fingerprint density at radius 1 is 1.27 bits per heavy atom. The number of carbonyl (C=O) groups is 3. The molecule has 1 aromatic heterocycles. The molecule has 9 nitrogen and oxygen atoms in total. The van der Waals surface area contributed by atoms with Gasteiger partial charge in [-0.2, -0.15) is 5.26 Å². The standard InChI is InChI=1S/C27H31N5O4S/c1-37(2)11-10-36-17-32-16-21(15-28)29-26(32)27(35)30-23-9-8-19(20-13-24(33)31-25(34)14-20)12-22(23)18-6-4-3-5-7-18/h6,8-9,12,16,20H,3-5,7,10-11,13-14,17H2,1-2H3,(H-,30,31,33,34,35)/p+1. The number of hydrogen-bond acceptors (Lipinski definition) is 6. The second-order valence-electron chi connectivity index (χ2n) is 9.57. The minimum atomic E-state index is -0.437. The summed E-state index contributed by atoms with van der Waals surface area (Å²) in [5, 5.41) is 14.7. The van der Waals surface area contributed by atoms with E-state index in [1.807, 2.05) is 24.3 Å². The lowest BCUT2D eigenvalue weighted by Crippen LogP contribution is -2.37. The Hall–Kier alpha value is -3.42. The summed E-state index contributed by atoms with van der Waals surface area (Å²) < 4.78 is 7.27. The zero-order valence-corrected chi connectivity index (χ0v) is 22.0. The molecule has 194 valence electrons. The summed E-state index contributed by atoms with van der Waals surface area (Å²) in [4.78, 5) is 41.5. The van der Waals surface area contributed by atoms with Gasteiger partial charge in [0.2, 0.25) is 17.6 Å². The van der Waals surface area contributed by atoms with Gasteiger partial charge in [-0.25, -0.2) is 4.98 Å². The third-order valence-corrected chi connectivity index (χ3v) is 7.49. The molecule has 1 fully saturated rings. The number of benzene rings is 1. The van der Waals surface area contributed by atoms with Gasteiger partial charge in [-0.05, 0) is 59.8 Å². The van der Waals surface area contributed by atoms with E-state index in [0.29, 0.717) is 12.3 Å². The van der Waals surface area contributed by atoms with Crippen LogP contribution < -0.4 is 10.6 Å². The molecule has 0 bridgehead atoms. The fraction of sp³-hybridized carbons (Fsp3) is 0.444. The van der Waals surface area contributed by atoms with E-state index < -0.39 is 5.91 Å². The molecule has 0 atom stereocenters. The number of allylic oxidation sites excluding steroid dienone is 2. The number of hydrogen-bond donors (Lipinski definition) is 2. The third-order valence-electron chi connectivity index (χ3n) is 6.50. The van der Waals surface area contributed by atoms with Crippen LogP contribution in [-0.4, -0.2) is 52.1 Å². The number of imide groups is 1. The van der Waals surface area contributed by atoms with E-state index in [2.05, 4.69) is 34.2 Å². The Balaban J connectivity index is 1.60. The fourth-order valence-corrected chi connectivity index (χ4v) is 5.05. The second-order valence-corrected chi connectivity index (χ2v) is 11.9. The van der Waals surface area contributed by atoms with Gasteiger partial charge < -0.3 is 14.6 Å². The molecular formula is C27H32N5O4S+. The molecule has 1 aromatic carbocycles. The highest BCUT2D eigenvalue weighted by Gasteiger charge is 2.27. The molecule has 2 heterocycles. The van der Waals surface area contributed by atoms with E-state index in [4.69, 9.17) is 4.74 Å². The summed E-state index contributed by atoms with van der Waals surface area (Å²) in [6, 6.07) is 7.68. The van der Waals surface area contributed by atoms with Gasteiger partial charge in [-0.3, -0.25) is 19.7 Å². The molecule has 2 aliphatic rings. The first-order valence-electron chi connectivity index (χ1n) is 12.4. The van der Waals surface area contributed by atoms with Crippen LogP contribution in [0.3, 0.4) is 0 Å². The first-order chi connectivity index (χ1) is 17.8. The maximum Gasteiger partial charge on any atom is 0.291 e. The van der Waals surface area contributed by atoms with Gasteiger partial charge in [0, 0.05) is 36.2 Å². The number of anilines is 1. The lowest BCUT2D eigenvalue weighted by atomic mass is 9.85. The molecule has 37 heavy (non-hydrogen) atoms. The van der Waals surface area contributed by atoms with Crippen LogP contribution in [0.5, 0.6) is 0 Å². The topological polar surface area (TPSA) is 126 Å². The number of carbonyl (C=O) groups excluding carboxylic acids is 3. The molecule has 0 radical (unpaired) electrons. The number of amides is 3. The summed E-state index contributed by atoms with van der Waals surface area (Å²) in [5.41, 5.74) is 3.69. The number of nitrogens with zero attached hydrogens (tertiary/aromatic N) is 3. The van der Waals surface area contributed by atoms with Crippen molar-refractivity contribution in [1.82, 2.24) is 14.9 Å². The number of rotatable bonds is 9. The first-order valence-corrected chi connectivity index (χ1v) is 14.6. The van der Waals surface area contributed by atoms with Crippen molar-refractivity contribution in [2.75, 3.05) is 30.2 Å². The Labute approximate surface area is 219 Å². The van der Waals surface area contributed by atoms with Gasteiger partial charge in [0.1, 0.15) is 18.6 Å². The minimum Gasteiger partial charge on any atom is -0.356 e. The Morgan fingerprint density at radius 2 is 2.05 bits per heavy atom. The molecule has 1 aliphatic heterocycles. The van der Waals surface area contributed by atoms with Crippen LogP contribution in [0.15, 0.2) is 30.5 Å². The van der Waals surface area contributed by atoms with Crippen LogP contribution in [0.4, 0.5) is 5.69 Å². The third kappa shape index (κ3) is 6.87. The summed E-state index contributed by atoms with van der Waals surface area (Å²) in [7, 11) is 0.248. The van der Waals surface area contributed by atoms with Crippen molar-refractivity contribution in [3.05, 3.63) is 53.1 Å². The molecule has 0 spiro atoms. The van der Waals surface area contributed by atoms with Gasteiger partial charge in [0.25, 0.3) is 5.91 Å². The van der Waals surface area contributed by atoms with Gasteiger partial charge in [0.15, 0.2) is 5.69 Å². The quantitative estimate of drug-likeness (QED) is 0.296. The van der Waals surface area contributed by atoms with Crippen LogP contribution in [-0.2, 0) is 32.0 Å². The molecule has 4 rings (SSSR count). The number of nitriles is 1. The van der Waals surface area contributed by atoms with E-state index in [1.165, 1.54) is 6.20 Å². The lowest BCUT2D eigenvalue weighted by molar-refractivity contribution is -0.133. The highest BCUT2D eigenvalue weighted by molar-refractivity contribution is 7.95. The maximum atomic E-state index is 13.3. The average Bonchev–Trinajstić information content (AvgIpc) is 3.30. The minimum absolute atomic E-state index is 0.103. The van der Waals surface area contributed by atoms with E-state index in [1.54, 1.807) is 4.57 Å². The molecule has 2 aromatic rings. The lowest BCUT2D eigenvalue weighted by Gasteiger charge is -2.24. The molecule has 10 heteroatoms. The van der Waals surface area contributed by atoms with E-state index in [0.717, 1.165) is 48.1 Å². The first kappa shape index (κ1) is 26.6. The van der Waals surface area contributed by atoms with E-state index in [-0.39, 0.29) is 59.7 Å². The Bertz CT molecular complexity index is 1240. The summed E-state index contributed by atoms with van der Waals surface area (Å²) in [6.45, 7) is 0.683. The molecule has 1 aliphatic carbocycles. The van der Waals surface area contributed by atoms with Crippen LogP contribution in [0.25, 0.3) is 5.57 Å². The molecule has 1 saturated heterocycles. The zero-order valence-electron chi connectivity index (χ0n) is 21.2. The summed E-state index contributed by atoms with van der Waals surface area (Å²) in [6.07, 6.45) is 12.5. The highest BCUT2D eigenvalue weighted by atomic mass is 32.2. The second kappa shape index (κ2) is 12.2. The van der Waals surface area contributed by atoms with Crippen LogP contribution in [0, 0.1) is 11.3 Å². The normalized spacial score (nSPS) is 16.3. The van der Waals surface area contributed by atoms with Crippen LogP contribution in [0.2, 0.25) is 0 Å². The van der Waals surface area contributed by atoms with Crippen LogP contribution >= 0.6 is 0 Å². The largest absolute Gasteiger partial charge is 0.356 e. The van der Waals surface area contributed by atoms with Crippen molar-refractivity contribution in [2.45, 2.75) is 51.2 Å². The molecule has 3 amide bonds. The monoisotopic (exact) mass is 522 g/mol. The predicted octanol–water partition coefficient (Wildman–Crippen LogP) is 3.34. The van der Waals surface area contributed by atoms with Gasteiger partial charge in [0.05, 0.1) is 19.1 Å². The van der Waals surface area contributed by atoms with Crippen molar-refractivity contribution >= 4 is 39.9 Å². The fourth-order valence-electron chi connectivity index (χ4n) is 4.60. The van der Waals surface area contributed by atoms with E-state index >= 15 is 0 Å². The zero-order chi connectivity index (χ0) is 26.4. The number of piperidine rings is 1.